The SMILES string of the molecule is CCN(CC)C(=O)C1=C(C)N=C2SC=C(CC(=O)NCc3ccc(F)cc3)N2[C@@H]1c1cccc(Oc2ccccc2)c1. The lowest BCUT2D eigenvalue weighted by Crippen LogP contribution is -2.42. The Kier molecular flexibility index (Phi) is 9.07. The second-order valence-corrected chi connectivity index (χ2v) is 10.8. The van der Waals surface area contributed by atoms with Crippen molar-refractivity contribution >= 4 is 28.7 Å². The number of nitrogens with one attached hydrogen (secondary N) is 1. The molecule has 2 amide bonds. The largest absolute Gasteiger partial charge is 0.457 e. The number of aliphatic imine (C=N–C) groups is 1. The number of hydrogen-bond donors (Lipinski definition) is 1. The zero-order valence-electron chi connectivity index (χ0n) is 23.8. The molecule has 0 aromatic heterocycles. The Labute approximate surface area is 249 Å². The molecule has 0 unspecified atom stereocenters. The molecular weight excluding hydrogens is 551 g/mol. The van der Waals surface area contributed by atoms with Gasteiger partial charge in [0.25, 0.3) is 5.91 Å². The number of hydrogen-bond acceptors (Lipinski definition) is 6. The molecule has 9 heteroatoms. The van der Waals surface area contributed by atoms with Crippen LogP contribution in [0.1, 0.15) is 44.4 Å². The van der Waals surface area contributed by atoms with Crippen LogP contribution in [0.5, 0.6) is 11.5 Å². The number of amidine groups is 1. The molecule has 0 aliphatic carbocycles. The lowest BCUT2D eigenvalue weighted by atomic mass is 9.92. The number of carbonyl (C=O) groups is 2. The molecule has 2 aliphatic rings. The minimum Gasteiger partial charge on any atom is -0.457 e. The van der Waals surface area contributed by atoms with E-state index in [1.54, 1.807) is 17.0 Å². The first kappa shape index (κ1) is 29.1. The van der Waals surface area contributed by atoms with Gasteiger partial charge >= 0.3 is 0 Å². The van der Waals surface area contributed by atoms with Crippen LogP contribution in [0.2, 0.25) is 0 Å². The van der Waals surface area contributed by atoms with Crippen LogP contribution < -0.4 is 10.1 Å². The van der Waals surface area contributed by atoms with Gasteiger partial charge in [-0.15, -0.1) is 0 Å². The third-order valence-corrected chi connectivity index (χ3v) is 8.07. The zero-order chi connectivity index (χ0) is 29.6. The molecule has 0 saturated heterocycles. The summed E-state index contributed by atoms with van der Waals surface area (Å²) in [5, 5.41) is 5.56. The van der Waals surface area contributed by atoms with E-state index in [0.29, 0.717) is 41.0 Å². The van der Waals surface area contributed by atoms with Gasteiger partial charge in [-0.1, -0.05) is 54.2 Å². The predicted octanol–water partition coefficient (Wildman–Crippen LogP) is 6.77. The zero-order valence-corrected chi connectivity index (χ0v) is 24.7. The quantitative estimate of drug-likeness (QED) is 0.285. The lowest BCUT2D eigenvalue weighted by molar-refractivity contribution is -0.127. The summed E-state index contributed by atoms with van der Waals surface area (Å²) in [6.45, 7) is 7.20. The average molecular weight is 585 g/mol. The van der Waals surface area contributed by atoms with Crippen molar-refractivity contribution < 1.29 is 18.7 Å². The molecule has 2 heterocycles. The minimum absolute atomic E-state index is 0.0864. The first-order chi connectivity index (χ1) is 20.4. The molecule has 42 heavy (non-hydrogen) atoms. The standard InChI is InChI=1S/C33H33FN4O3S/c1-4-37(5-2)32(40)30-22(3)36-33-38(26(21-42-33)19-29(39)35-20-23-14-16-25(34)17-15-23)31(30)24-10-9-13-28(18-24)41-27-11-7-6-8-12-27/h6-18,21,31H,4-5,19-20H2,1-3H3,(H,35,39)/t31-/m1/s1. The highest BCUT2D eigenvalue weighted by Crippen LogP contribution is 2.45. The van der Waals surface area contributed by atoms with E-state index in [9.17, 15) is 14.0 Å². The third-order valence-electron chi connectivity index (χ3n) is 7.18. The number of amides is 2. The minimum atomic E-state index is -0.504. The number of rotatable bonds is 10. The smallest absolute Gasteiger partial charge is 0.254 e. The van der Waals surface area contributed by atoms with Crippen LogP contribution in [0, 0.1) is 5.82 Å². The number of fused-ring (bicyclic) bond motifs is 1. The number of ether oxygens (including phenoxy) is 1. The van der Waals surface area contributed by atoms with Gasteiger partial charge < -0.3 is 19.9 Å². The molecule has 0 radical (unpaired) electrons. The van der Waals surface area contributed by atoms with Crippen molar-refractivity contribution in [2.75, 3.05) is 13.1 Å². The van der Waals surface area contributed by atoms with Crippen LogP contribution >= 0.6 is 11.8 Å². The van der Waals surface area contributed by atoms with Gasteiger partial charge in [-0.2, -0.15) is 0 Å². The first-order valence-corrected chi connectivity index (χ1v) is 14.8. The van der Waals surface area contributed by atoms with E-state index < -0.39 is 6.04 Å². The molecule has 0 fully saturated rings. The maximum absolute atomic E-state index is 13.9. The Hall–Kier alpha value is -4.37. The van der Waals surface area contributed by atoms with Crippen LogP contribution in [-0.4, -0.2) is 39.9 Å². The number of benzene rings is 3. The van der Waals surface area contributed by atoms with Gasteiger partial charge in [0.2, 0.25) is 5.91 Å². The van der Waals surface area contributed by atoms with Crippen molar-refractivity contribution in [2.24, 2.45) is 4.99 Å². The highest BCUT2D eigenvalue weighted by molar-refractivity contribution is 8.16. The Balaban J connectivity index is 1.46. The van der Waals surface area contributed by atoms with Gasteiger partial charge in [-0.25, -0.2) is 9.38 Å². The average Bonchev–Trinajstić information content (AvgIpc) is 3.38. The monoisotopic (exact) mass is 584 g/mol. The second-order valence-electron chi connectivity index (χ2n) is 9.94. The fraction of sp³-hybridized carbons (Fsp3) is 0.242. The molecule has 1 N–H and O–H groups in total. The summed E-state index contributed by atoms with van der Waals surface area (Å²) in [6, 6.07) is 22.8. The summed E-state index contributed by atoms with van der Waals surface area (Å²) in [7, 11) is 0. The molecule has 2 aliphatic heterocycles. The molecular formula is C33H33FN4O3S. The van der Waals surface area contributed by atoms with E-state index in [1.165, 1.54) is 23.9 Å². The second kappa shape index (κ2) is 13.1. The Bertz CT molecular complexity index is 1550. The molecule has 1 atom stereocenters. The van der Waals surface area contributed by atoms with Gasteiger partial charge in [0, 0.05) is 25.3 Å². The predicted molar refractivity (Wildman–Crippen MR) is 164 cm³/mol. The number of carbonyl (C=O) groups excluding carboxylic acids is 2. The van der Waals surface area contributed by atoms with E-state index >= 15 is 0 Å². The van der Waals surface area contributed by atoms with E-state index in [-0.39, 0.29) is 30.6 Å². The Morgan fingerprint density at radius 3 is 2.43 bits per heavy atom. The summed E-state index contributed by atoms with van der Waals surface area (Å²) in [4.78, 5) is 35.6. The summed E-state index contributed by atoms with van der Waals surface area (Å²) < 4.78 is 19.4. The number of thioether (sulfide) groups is 1. The van der Waals surface area contributed by atoms with Crippen molar-refractivity contribution in [2.45, 2.75) is 39.8 Å². The van der Waals surface area contributed by atoms with Crippen molar-refractivity contribution in [3.63, 3.8) is 0 Å². The number of para-hydroxylation sites is 1. The number of nitrogens with zero attached hydrogens (tertiary/aromatic N) is 3. The van der Waals surface area contributed by atoms with E-state index in [1.807, 2.05) is 85.7 Å². The van der Waals surface area contributed by atoms with Crippen LogP contribution in [-0.2, 0) is 16.1 Å². The molecule has 3 aromatic carbocycles. The molecule has 0 spiro atoms. The van der Waals surface area contributed by atoms with E-state index in [0.717, 1.165) is 16.8 Å². The molecule has 0 saturated carbocycles. The molecule has 0 bridgehead atoms. The maximum atomic E-state index is 13.9. The van der Waals surface area contributed by atoms with Gasteiger partial charge in [0.05, 0.1) is 23.7 Å². The number of likely N-dealkylation sites (N-methyl/N-ethyl adjacent to an activating group) is 1. The fourth-order valence-corrected chi connectivity index (χ4v) is 6.01. The lowest BCUT2D eigenvalue weighted by Gasteiger charge is -2.38. The van der Waals surface area contributed by atoms with Gasteiger partial charge in [-0.3, -0.25) is 9.59 Å². The molecule has 3 aromatic rings. The number of halogens is 1. The van der Waals surface area contributed by atoms with Gasteiger partial charge in [-0.05, 0) is 73.7 Å². The van der Waals surface area contributed by atoms with Crippen LogP contribution in [0.15, 0.2) is 106 Å². The van der Waals surface area contributed by atoms with Gasteiger partial charge in [0.15, 0.2) is 5.17 Å². The van der Waals surface area contributed by atoms with Crippen LogP contribution in [0.25, 0.3) is 0 Å². The van der Waals surface area contributed by atoms with Crippen molar-refractivity contribution in [3.05, 3.63) is 118 Å². The summed E-state index contributed by atoms with van der Waals surface area (Å²) in [6.07, 6.45) is 0.0930. The molecule has 216 valence electrons. The Morgan fingerprint density at radius 2 is 1.71 bits per heavy atom. The molecule has 7 nitrogen and oxygen atoms in total. The summed E-state index contributed by atoms with van der Waals surface area (Å²) in [5.41, 5.74) is 3.62. The summed E-state index contributed by atoms with van der Waals surface area (Å²) >= 11 is 1.44. The molecule has 5 rings (SSSR count). The van der Waals surface area contributed by atoms with Gasteiger partial charge in [0.1, 0.15) is 17.3 Å². The van der Waals surface area contributed by atoms with E-state index in [4.69, 9.17) is 9.73 Å². The van der Waals surface area contributed by atoms with Crippen LogP contribution in [0.4, 0.5) is 4.39 Å². The van der Waals surface area contributed by atoms with Crippen molar-refractivity contribution in [3.8, 4) is 11.5 Å². The number of allylic oxidation sites excluding steroid dienone is 1. The highest BCUT2D eigenvalue weighted by Gasteiger charge is 2.41. The normalized spacial score (nSPS) is 16.0. The highest BCUT2D eigenvalue weighted by atomic mass is 32.2. The van der Waals surface area contributed by atoms with Crippen molar-refractivity contribution in [1.82, 2.24) is 15.1 Å². The Morgan fingerprint density at radius 1 is 1.00 bits per heavy atom. The maximum Gasteiger partial charge on any atom is 0.254 e. The third kappa shape index (κ3) is 6.41. The first-order valence-electron chi connectivity index (χ1n) is 14.0. The van der Waals surface area contributed by atoms with Crippen LogP contribution in [0.3, 0.4) is 0 Å². The van der Waals surface area contributed by atoms with Crippen molar-refractivity contribution in [1.29, 1.82) is 0 Å². The topological polar surface area (TPSA) is 74.2 Å². The summed E-state index contributed by atoms with van der Waals surface area (Å²) in [5.74, 6) is 0.760. The van der Waals surface area contributed by atoms with E-state index in [2.05, 4.69) is 5.32 Å². The fourth-order valence-electron chi connectivity index (χ4n) is 5.04.